The van der Waals surface area contributed by atoms with Gasteiger partial charge in [-0.15, -0.1) is 0 Å². The summed E-state index contributed by atoms with van der Waals surface area (Å²) in [5.74, 6) is 1.35. The van der Waals surface area contributed by atoms with Crippen LogP contribution in [0, 0.1) is 47.5 Å². The van der Waals surface area contributed by atoms with E-state index in [4.69, 9.17) is 19.4 Å². The molecule has 5 heteroatoms. The normalized spacial score (nSPS) is 18.4. The molecule has 176 valence electrons. The number of allylic oxidation sites excluding steroid dienone is 5. The van der Waals surface area contributed by atoms with Gasteiger partial charge in [0.1, 0.15) is 0 Å². The Hall–Kier alpha value is -1.67. The van der Waals surface area contributed by atoms with Gasteiger partial charge in [0, 0.05) is 0 Å². The van der Waals surface area contributed by atoms with Crippen LogP contribution in [0.5, 0.6) is 0 Å². The van der Waals surface area contributed by atoms with Crippen LogP contribution in [-0.4, -0.2) is 17.7 Å². The van der Waals surface area contributed by atoms with Crippen molar-refractivity contribution in [2.24, 2.45) is 5.92 Å². The van der Waals surface area contributed by atoms with E-state index in [0.29, 0.717) is 0 Å². The Morgan fingerprint density at radius 2 is 1.21 bits per heavy atom. The van der Waals surface area contributed by atoms with Crippen molar-refractivity contribution in [1.82, 2.24) is 0 Å². The minimum atomic E-state index is -1.95. The van der Waals surface area contributed by atoms with Crippen molar-refractivity contribution in [1.29, 1.82) is 0 Å². The number of hydrogen-bond donors (Lipinski definition) is 0. The number of halogens is 2. The van der Waals surface area contributed by atoms with Gasteiger partial charge in [0.05, 0.1) is 0 Å². The van der Waals surface area contributed by atoms with Gasteiger partial charge in [0.15, 0.2) is 0 Å². The molecule has 4 rings (SSSR count). The molecule has 2 aromatic rings. The van der Waals surface area contributed by atoms with E-state index >= 15 is 0 Å². The van der Waals surface area contributed by atoms with Crippen LogP contribution >= 0.6 is 19.4 Å². The average molecular weight is 569 g/mol. The van der Waals surface area contributed by atoms with E-state index in [2.05, 4.69) is 105 Å². The molecule has 1 unspecified atom stereocenters. The van der Waals surface area contributed by atoms with Crippen molar-refractivity contribution in [3.05, 3.63) is 93.3 Å². The molecule has 2 nitrogen and oxygen atoms in total. The summed E-state index contributed by atoms with van der Waals surface area (Å²) in [6.07, 6.45) is 8.69. The number of aryl methyl sites for hydroxylation is 6. The van der Waals surface area contributed by atoms with Crippen LogP contribution in [0.4, 0.5) is 11.4 Å². The Morgan fingerprint density at radius 3 is 1.64 bits per heavy atom. The second-order valence-electron chi connectivity index (χ2n) is 9.17. The van der Waals surface area contributed by atoms with E-state index < -0.39 is 13.5 Å². The summed E-state index contributed by atoms with van der Waals surface area (Å²) in [4.78, 5) is 5.03. The van der Waals surface area contributed by atoms with E-state index in [1.807, 2.05) is 0 Å². The third kappa shape index (κ3) is 4.92. The van der Waals surface area contributed by atoms with Crippen LogP contribution in [0.1, 0.15) is 33.4 Å². The van der Waals surface area contributed by atoms with E-state index in [1.54, 1.807) is 0 Å². The molecule has 0 N–H and O–H groups in total. The maximum atomic E-state index is 6.37. The van der Waals surface area contributed by atoms with Gasteiger partial charge in [-0.1, -0.05) is 0 Å². The fraction of sp³-hybridized carbons (Fsp3) is 0.321. The Kier molecular flexibility index (Phi) is 7.34. The van der Waals surface area contributed by atoms with Gasteiger partial charge in [-0.3, -0.25) is 0 Å². The Balaban J connectivity index is 1.98. The van der Waals surface area contributed by atoms with Crippen molar-refractivity contribution in [2.75, 3.05) is 22.9 Å². The fourth-order valence-electron chi connectivity index (χ4n) is 5.48. The van der Waals surface area contributed by atoms with Crippen molar-refractivity contribution in [3.8, 4) is 0 Å². The van der Waals surface area contributed by atoms with Crippen molar-refractivity contribution < 1.29 is 13.5 Å². The summed E-state index contributed by atoms with van der Waals surface area (Å²) in [7, 11) is 12.7. The summed E-state index contributed by atoms with van der Waals surface area (Å²) < 4.78 is 2.15. The molecule has 1 atom stereocenters. The third-order valence-electron chi connectivity index (χ3n) is 6.41. The standard InChI is InChI=1S/C28H32N2.2ClH.Ru/c1-18-14-21(4)26(22(5)15-18)29-12-13-30(27-23(6)16-19(2)17-24(27)7)28(29)25-11-9-8-10-20(25)3;;;/h3,8-11,14-17,20H,12-13H2,1-2,4-7H3;2*1H;/q;;;+2/p-2. The maximum absolute atomic E-state index is 6.37. The molecule has 0 bridgehead atoms. The number of anilines is 2. The second-order valence-corrected chi connectivity index (χ2v) is 15.0. The van der Waals surface area contributed by atoms with E-state index in [1.165, 1.54) is 56.1 Å². The Bertz CT molecular complexity index is 1100. The molecule has 0 saturated carbocycles. The summed E-state index contributed by atoms with van der Waals surface area (Å²) in [6.45, 7) is 15.1. The van der Waals surface area contributed by atoms with Crippen LogP contribution in [0.3, 0.4) is 0 Å². The predicted molar refractivity (Wildman–Crippen MR) is 143 cm³/mol. The molecule has 0 amide bonds. The van der Waals surface area contributed by atoms with Crippen LogP contribution in [-0.2, 0) is 13.5 Å². The van der Waals surface area contributed by atoms with Gasteiger partial charge < -0.3 is 0 Å². The monoisotopic (exact) mass is 568 g/mol. The zero-order valence-corrected chi connectivity index (χ0v) is 23.4. The molecule has 1 aliphatic carbocycles. The van der Waals surface area contributed by atoms with Crippen molar-refractivity contribution in [2.45, 2.75) is 41.5 Å². The van der Waals surface area contributed by atoms with Gasteiger partial charge in [0.2, 0.25) is 0 Å². The molecule has 2 aliphatic rings. The first kappa shape index (κ1) is 24.5. The van der Waals surface area contributed by atoms with E-state index in [0.717, 1.165) is 13.1 Å². The summed E-state index contributed by atoms with van der Waals surface area (Å²) >= 11 is -1.95. The summed E-state index contributed by atoms with van der Waals surface area (Å²) in [5, 5.41) is 0. The summed E-state index contributed by atoms with van der Waals surface area (Å²) in [6, 6.07) is 9.15. The van der Waals surface area contributed by atoms with Gasteiger partial charge >= 0.3 is 213 Å². The van der Waals surface area contributed by atoms with Gasteiger partial charge in [-0.05, 0) is 0 Å². The molecule has 0 radical (unpaired) electrons. The predicted octanol–water partition coefficient (Wildman–Crippen LogP) is 7.55. The van der Waals surface area contributed by atoms with Gasteiger partial charge in [-0.2, -0.15) is 0 Å². The molecule has 33 heavy (non-hydrogen) atoms. The topological polar surface area (TPSA) is 6.48 Å². The first-order chi connectivity index (χ1) is 15.7. The van der Waals surface area contributed by atoms with Crippen molar-refractivity contribution in [3.63, 3.8) is 0 Å². The molecule has 2 aromatic carbocycles. The summed E-state index contributed by atoms with van der Waals surface area (Å²) in [5.41, 5.74) is 11.7. The fourth-order valence-corrected chi connectivity index (χ4v) is 7.59. The second kappa shape index (κ2) is 9.90. The SMILES string of the molecule is Cc1cc(C)c(N2CCN(c3c(C)cc(C)cc3C)C2=C2C=CC=CC2[CH]=[Ru]([Cl])[Cl])c(C)c1. The number of rotatable bonds is 3. The van der Waals surface area contributed by atoms with Crippen LogP contribution in [0.2, 0.25) is 0 Å². The average Bonchev–Trinajstić information content (AvgIpc) is 3.10. The van der Waals surface area contributed by atoms with Crippen LogP contribution in [0.15, 0.2) is 60.0 Å². The number of nitrogens with zero attached hydrogens (tertiary/aromatic N) is 2. The van der Waals surface area contributed by atoms with Gasteiger partial charge in [0.25, 0.3) is 0 Å². The zero-order valence-electron chi connectivity index (χ0n) is 20.2. The first-order valence-corrected chi connectivity index (χ1v) is 16.8. The first-order valence-electron chi connectivity index (χ1n) is 11.3. The Morgan fingerprint density at radius 1 is 0.758 bits per heavy atom. The zero-order chi connectivity index (χ0) is 23.9. The third-order valence-corrected chi connectivity index (χ3v) is 8.52. The quantitative estimate of drug-likeness (QED) is 0.353. The molecular weight excluding hydrogens is 536 g/mol. The molecule has 1 heterocycles. The molecule has 1 saturated heterocycles. The Labute approximate surface area is 211 Å². The van der Waals surface area contributed by atoms with Crippen molar-refractivity contribution >= 4 is 35.4 Å². The minimum absolute atomic E-state index is 0.110. The number of hydrogen-bond acceptors (Lipinski definition) is 2. The van der Waals surface area contributed by atoms with E-state index in [-0.39, 0.29) is 5.92 Å². The molecule has 1 aliphatic heterocycles. The molecule has 0 aromatic heterocycles. The molecule has 0 spiro atoms. The molecular formula is C28H32Cl2N2Ru. The molecule has 1 fully saturated rings. The van der Waals surface area contributed by atoms with Gasteiger partial charge in [-0.25, -0.2) is 0 Å². The van der Waals surface area contributed by atoms with E-state index in [9.17, 15) is 0 Å². The number of benzene rings is 2. The van der Waals surface area contributed by atoms with Crippen LogP contribution < -0.4 is 9.80 Å². The van der Waals surface area contributed by atoms with Crippen LogP contribution in [0.25, 0.3) is 0 Å².